The lowest BCUT2D eigenvalue weighted by molar-refractivity contribution is -0.132. The molecule has 0 bridgehead atoms. The molecule has 0 aliphatic carbocycles. The van der Waals surface area contributed by atoms with Crippen LogP contribution in [-0.4, -0.2) is 63.1 Å². The number of hydrogen-bond acceptors (Lipinski definition) is 4. The summed E-state index contributed by atoms with van der Waals surface area (Å²) < 4.78 is 30.7. The fraction of sp³-hybridized carbons (Fsp3) is 0.611. The van der Waals surface area contributed by atoms with Crippen LogP contribution in [0.1, 0.15) is 31.2 Å². The third-order valence-corrected chi connectivity index (χ3v) is 5.84. The molecule has 0 unspecified atom stereocenters. The Hall–Kier alpha value is -1.60. The molecular formula is C18H28N2O4S. The van der Waals surface area contributed by atoms with E-state index in [1.54, 1.807) is 7.11 Å². The highest BCUT2D eigenvalue weighted by molar-refractivity contribution is 7.88. The SMILES string of the molecule is COc1cccc(CCN(CCC(=O)N2CCCCC2)S(C)(=O)=O)c1. The number of benzene rings is 1. The van der Waals surface area contributed by atoms with Crippen LogP contribution in [0.4, 0.5) is 0 Å². The Labute approximate surface area is 150 Å². The van der Waals surface area contributed by atoms with Gasteiger partial charge in [0.2, 0.25) is 15.9 Å². The molecule has 6 nitrogen and oxygen atoms in total. The number of carbonyl (C=O) groups excluding carboxylic acids is 1. The van der Waals surface area contributed by atoms with Crippen LogP contribution in [0.2, 0.25) is 0 Å². The van der Waals surface area contributed by atoms with Crippen LogP contribution in [0, 0.1) is 0 Å². The van der Waals surface area contributed by atoms with Gasteiger partial charge < -0.3 is 9.64 Å². The van der Waals surface area contributed by atoms with Crippen molar-refractivity contribution >= 4 is 15.9 Å². The van der Waals surface area contributed by atoms with Crippen LogP contribution in [0.5, 0.6) is 5.75 Å². The van der Waals surface area contributed by atoms with E-state index in [4.69, 9.17) is 4.74 Å². The summed E-state index contributed by atoms with van der Waals surface area (Å²) in [4.78, 5) is 14.1. The number of rotatable bonds is 8. The summed E-state index contributed by atoms with van der Waals surface area (Å²) in [6.45, 7) is 2.18. The number of ether oxygens (including phenoxy) is 1. The average molecular weight is 368 g/mol. The molecule has 1 aromatic carbocycles. The zero-order valence-corrected chi connectivity index (χ0v) is 15.9. The predicted molar refractivity (Wildman–Crippen MR) is 98.2 cm³/mol. The summed E-state index contributed by atoms with van der Waals surface area (Å²) in [5.41, 5.74) is 1.01. The summed E-state index contributed by atoms with van der Waals surface area (Å²) in [6, 6.07) is 7.59. The first-order chi connectivity index (χ1) is 11.9. The average Bonchev–Trinajstić information content (AvgIpc) is 2.61. The van der Waals surface area contributed by atoms with E-state index in [9.17, 15) is 13.2 Å². The largest absolute Gasteiger partial charge is 0.497 e. The number of methoxy groups -OCH3 is 1. The smallest absolute Gasteiger partial charge is 0.223 e. The van der Waals surface area contributed by atoms with Gasteiger partial charge in [0.25, 0.3) is 0 Å². The van der Waals surface area contributed by atoms with Gasteiger partial charge in [0.05, 0.1) is 13.4 Å². The van der Waals surface area contributed by atoms with Crippen LogP contribution < -0.4 is 4.74 Å². The number of sulfonamides is 1. The molecule has 0 saturated carbocycles. The second-order valence-electron chi connectivity index (χ2n) is 6.46. The van der Waals surface area contributed by atoms with Crippen molar-refractivity contribution in [1.82, 2.24) is 9.21 Å². The zero-order chi connectivity index (χ0) is 18.3. The molecule has 7 heteroatoms. The number of nitrogens with zero attached hydrogens (tertiary/aromatic N) is 2. The molecule has 0 N–H and O–H groups in total. The zero-order valence-electron chi connectivity index (χ0n) is 15.1. The van der Waals surface area contributed by atoms with Crippen molar-refractivity contribution in [3.8, 4) is 5.75 Å². The maximum Gasteiger partial charge on any atom is 0.223 e. The molecule has 1 heterocycles. The lowest BCUT2D eigenvalue weighted by atomic mass is 10.1. The molecule has 0 atom stereocenters. The summed E-state index contributed by atoms with van der Waals surface area (Å²) in [5.74, 6) is 0.804. The van der Waals surface area contributed by atoms with Crippen molar-refractivity contribution in [3.63, 3.8) is 0 Å². The van der Waals surface area contributed by atoms with Crippen LogP contribution in [0.25, 0.3) is 0 Å². The van der Waals surface area contributed by atoms with Crippen LogP contribution >= 0.6 is 0 Å². The molecule has 25 heavy (non-hydrogen) atoms. The van der Waals surface area contributed by atoms with Crippen LogP contribution in [-0.2, 0) is 21.2 Å². The van der Waals surface area contributed by atoms with Crippen molar-refractivity contribution in [2.24, 2.45) is 0 Å². The highest BCUT2D eigenvalue weighted by Gasteiger charge is 2.21. The van der Waals surface area contributed by atoms with E-state index in [1.807, 2.05) is 29.2 Å². The second kappa shape index (κ2) is 9.20. The normalized spacial score (nSPS) is 15.4. The Morgan fingerprint density at radius 2 is 1.92 bits per heavy atom. The van der Waals surface area contributed by atoms with E-state index < -0.39 is 10.0 Å². The van der Waals surface area contributed by atoms with Gasteiger partial charge in [-0.1, -0.05) is 12.1 Å². The predicted octanol–water partition coefficient (Wildman–Crippen LogP) is 1.90. The second-order valence-corrected chi connectivity index (χ2v) is 8.44. The van der Waals surface area contributed by atoms with Gasteiger partial charge in [0.1, 0.15) is 5.75 Å². The van der Waals surface area contributed by atoms with Crippen molar-refractivity contribution in [2.75, 3.05) is 39.5 Å². The fourth-order valence-corrected chi connectivity index (χ4v) is 3.89. The molecule has 1 saturated heterocycles. The molecule has 1 aliphatic heterocycles. The quantitative estimate of drug-likeness (QED) is 0.703. The number of likely N-dealkylation sites (tertiary alicyclic amines) is 1. The summed E-state index contributed by atoms with van der Waals surface area (Å²) >= 11 is 0. The maximum absolute atomic E-state index is 12.3. The Balaban J connectivity index is 1.91. The fourth-order valence-electron chi connectivity index (χ4n) is 3.05. The van der Waals surface area contributed by atoms with E-state index in [0.29, 0.717) is 13.0 Å². The molecule has 0 radical (unpaired) electrons. The lowest BCUT2D eigenvalue weighted by Gasteiger charge is -2.28. The molecule has 1 fully saturated rings. The number of piperidine rings is 1. The topological polar surface area (TPSA) is 66.9 Å². The minimum Gasteiger partial charge on any atom is -0.497 e. The molecule has 1 aromatic rings. The van der Waals surface area contributed by atoms with E-state index in [0.717, 1.165) is 37.2 Å². The first-order valence-electron chi connectivity index (χ1n) is 8.76. The van der Waals surface area contributed by atoms with Crippen LogP contribution in [0.15, 0.2) is 24.3 Å². The van der Waals surface area contributed by atoms with Gasteiger partial charge >= 0.3 is 0 Å². The minimum absolute atomic E-state index is 0.0507. The van der Waals surface area contributed by atoms with E-state index in [2.05, 4.69) is 0 Å². The maximum atomic E-state index is 12.3. The molecule has 2 rings (SSSR count). The molecule has 0 spiro atoms. The molecule has 1 aliphatic rings. The van der Waals surface area contributed by atoms with Gasteiger partial charge in [-0.15, -0.1) is 0 Å². The van der Waals surface area contributed by atoms with E-state index in [1.165, 1.54) is 17.0 Å². The van der Waals surface area contributed by atoms with Crippen molar-refractivity contribution in [3.05, 3.63) is 29.8 Å². The standard InChI is InChI=1S/C18H28N2O4S/c1-24-17-8-6-7-16(15-17)9-13-20(25(2,22)23)14-10-18(21)19-11-4-3-5-12-19/h6-8,15H,3-5,9-14H2,1-2H3. The molecule has 140 valence electrons. The van der Waals surface area contributed by atoms with Crippen molar-refractivity contribution < 1.29 is 17.9 Å². The van der Waals surface area contributed by atoms with Crippen LogP contribution in [0.3, 0.4) is 0 Å². The molecular weight excluding hydrogens is 340 g/mol. The first kappa shape index (κ1) is 19.7. The van der Waals surface area contributed by atoms with Gasteiger partial charge in [0, 0.05) is 32.6 Å². The van der Waals surface area contributed by atoms with E-state index in [-0.39, 0.29) is 18.9 Å². The van der Waals surface area contributed by atoms with E-state index >= 15 is 0 Å². The third-order valence-electron chi connectivity index (χ3n) is 4.54. The van der Waals surface area contributed by atoms with Crippen molar-refractivity contribution in [2.45, 2.75) is 32.1 Å². The monoisotopic (exact) mass is 368 g/mol. The Kier molecular flexibility index (Phi) is 7.25. The lowest BCUT2D eigenvalue weighted by Crippen LogP contribution is -2.39. The highest BCUT2D eigenvalue weighted by atomic mass is 32.2. The Morgan fingerprint density at radius 3 is 2.56 bits per heavy atom. The van der Waals surface area contributed by atoms with Gasteiger partial charge in [-0.3, -0.25) is 4.79 Å². The van der Waals surface area contributed by atoms with Gasteiger partial charge in [-0.2, -0.15) is 0 Å². The number of carbonyl (C=O) groups is 1. The Bertz CT molecular complexity index is 669. The van der Waals surface area contributed by atoms with Gasteiger partial charge in [-0.25, -0.2) is 12.7 Å². The number of hydrogen-bond donors (Lipinski definition) is 0. The highest BCUT2D eigenvalue weighted by Crippen LogP contribution is 2.15. The molecule has 0 aromatic heterocycles. The Morgan fingerprint density at radius 1 is 1.20 bits per heavy atom. The first-order valence-corrected chi connectivity index (χ1v) is 10.6. The summed E-state index contributed by atoms with van der Waals surface area (Å²) in [7, 11) is -1.74. The molecule has 1 amide bonds. The number of amides is 1. The van der Waals surface area contributed by atoms with Gasteiger partial charge in [-0.05, 0) is 43.4 Å². The summed E-state index contributed by atoms with van der Waals surface area (Å²) in [5, 5.41) is 0. The van der Waals surface area contributed by atoms with Crippen molar-refractivity contribution in [1.29, 1.82) is 0 Å². The van der Waals surface area contributed by atoms with Gasteiger partial charge in [0.15, 0.2) is 0 Å². The minimum atomic E-state index is -3.35. The third kappa shape index (κ3) is 6.32. The summed E-state index contributed by atoms with van der Waals surface area (Å²) in [6.07, 6.45) is 5.27.